The zero-order valence-electron chi connectivity index (χ0n) is 9.80. The lowest BCUT2D eigenvalue weighted by atomic mass is 10.2. The van der Waals surface area contributed by atoms with Crippen LogP contribution in [-0.4, -0.2) is 44.8 Å². The first kappa shape index (κ1) is 13.9. The predicted molar refractivity (Wildman–Crippen MR) is 61.5 cm³/mol. The molecule has 0 unspecified atom stereocenters. The maximum absolute atomic E-state index is 5.43. The van der Waals surface area contributed by atoms with Gasteiger partial charge in [-0.3, -0.25) is 0 Å². The highest BCUT2D eigenvalue weighted by Gasteiger charge is 1.97. The summed E-state index contributed by atoms with van der Waals surface area (Å²) in [5.41, 5.74) is 5.43. The van der Waals surface area contributed by atoms with Crippen LogP contribution in [0.25, 0.3) is 0 Å². The molecule has 0 bridgehead atoms. The van der Waals surface area contributed by atoms with Gasteiger partial charge < -0.3 is 15.4 Å². The Kier molecular flexibility index (Phi) is 10.9. The zero-order valence-corrected chi connectivity index (χ0v) is 9.80. The summed E-state index contributed by atoms with van der Waals surface area (Å²) in [6.07, 6.45) is 4.82. The van der Waals surface area contributed by atoms with Crippen molar-refractivity contribution < 1.29 is 4.74 Å². The standard InChI is InChI=1S/C11H26N2O/c1-3-14-11-7-10-13(2)9-6-4-5-8-12/h3-12H2,1-2H3. The smallest absolute Gasteiger partial charge is 0.0478 e. The Hall–Kier alpha value is -0.120. The SMILES string of the molecule is CCOCCCN(C)CCCCCN. The molecule has 0 heterocycles. The molecule has 3 nitrogen and oxygen atoms in total. The quantitative estimate of drug-likeness (QED) is 0.545. The van der Waals surface area contributed by atoms with Crippen molar-refractivity contribution in [3.8, 4) is 0 Å². The Morgan fingerprint density at radius 2 is 1.79 bits per heavy atom. The molecule has 0 aromatic rings. The minimum Gasteiger partial charge on any atom is -0.382 e. The van der Waals surface area contributed by atoms with Gasteiger partial charge >= 0.3 is 0 Å². The van der Waals surface area contributed by atoms with Crippen LogP contribution in [0.15, 0.2) is 0 Å². The van der Waals surface area contributed by atoms with Gasteiger partial charge in [0.15, 0.2) is 0 Å². The molecular formula is C11H26N2O. The van der Waals surface area contributed by atoms with Gasteiger partial charge in [0, 0.05) is 19.8 Å². The summed E-state index contributed by atoms with van der Waals surface area (Å²) in [6.45, 7) is 6.92. The van der Waals surface area contributed by atoms with E-state index in [0.717, 1.165) is 39.1 Å². The average molecular weight is 202 g/mol. The molecule has 0 radical (unpaired) electrons. The molecule has 3 heteroatoms. The van der Waals surface area contributed by atoms with Gasteiger partial charge in [-0.15, -0.1) is 0 Å². The molecule has 0 aliphatic heterocycles. The van der Waals surface area contributed by atoms with Crippen molar-refractivity contribution in [2.75, 3.05) is 39.9 Å². The third-order valence-electron chi connectivity index (χ3n) is 2.28. The maximum Gasteiger partial charge on any atom is 0.0478 e. The van der Waals surface area contributed by atoms with Crippen LogP contribution in [0.1, 0.15) is 32.6 Å². The van der Waals surface area contributed by atoms with Gasteiger partial charge in [-0.1, -0.05) is 6.42 Å². The number of unbranched alkanes of at least 4 members (excludes halogenated alkanes) is 2. The molecule has 0 aliphatic carbocycles. The first-order valence-electron chi connectivity index (χ1n) is 5.77. The van der Waals surface area contributed by atoms with E-state index in [0.29, 0.717) is 0 Å². The van der Waals surface area contributed by atoms with Crippen LogP contribution in [0.3, 0.4) is 0 Å². The Bertz CT molecular complexity index is 97.5. The van der Waals surface area contributed by atoms with Gasteiger partial charge in [-0.05, 0) is 46.3 Å². The summed E-state index contributed by atoms with van der Waals surface area (Å²) in [6, 6.07) is 0. The van der Waals surface area contributed by atoms with E-state index in [2.05, 4.69) is 11.9 Å². The van der Waals surface area contributed by atoms with Crippen LogP contribution in [0.5, 0.6) is 0 Å². The largest absolute Gasteiger partial charge is 0.382 e. The molecule has 0 atom stereocenters. The predicted octanol–water partition coefficient (Wildman–Crippen LogP) is 1.47. The van der Waals surface area contributed by atoms with E-state index in [1.165, 1.54) is 19.4 Å². The summed E-state index contributed by atoms with van der Waals surface area (Å²) < 4.78 is 5.28. The van der Waals surface area contributed by atoms with E-state index in [1.54, 1.807) is 0 Å². The molecule has 14 heavy (non-hydrogen) atoms. The van der Waals surface area contributed by atoms with Gasteiger partial charge in [0.05, 0.1) is 0 Å². The van der Waals surface area contributed by atoms with Crippen molar-refractivity contribution in [1.29, 1.82) is 0 Å². The topological polar surface area (TPSA) is 38.5 Å². The van der Waals surface area contributed by atoms with Crippen LogP contribution in [0.4, 0.5) is 0 Å². The lowest BCUT2D eigenvalue weighted by Crippen LogP contribution is -2.22. The number of ether oxygens (including phenoxy) is 1. The molecule has 0 fully saturated rings. The lowest BCUT2D eigenvalue weighted by molar-refractivity contribution is 0.135. The van der Waals surface area contributed by atoms with Crippen molar-refractivity contribution in [2.45, 2.75) is 32.6 Å². The van der Waals surface area contributed by atoms with Crippen LogP contribution in [0.2, 0.25) is 0 Å². The van der Waals surface area contributed by atoms with E-state index in [4.69, 9.17) is 10.5 Å². The van der Waals surface area contributed by atoms with Crippen LogP contribution in [-0.2, 0) is 4.74 Å². The zero-order chi connectivity index (χ0) is 10.6. The normalized spacial score (nSPS) is 11.1. The minimum absolute atomic E-state index is 0.827. The average Bonchev–Trinajstić information content (AvgIpc) is 2.19. The first-order chi connectivity index (χ1) is 6.81. The van der Waals surface area contributed by atoms with E-state index in [1.807, 2.05) is 6.92 Å². The fourth-order valence-corrected chi connectivity index (χ4v) is 1.40. The van der Waals surface area contributed by atoms with E-state index in [-0.39, 0.29) is 0 Å². The van der Waals surface area contributed by atoms with Crippen LogP contribution >= 0.6 is 0 Å². The third kappa shape index (κ3) is 9.96. The summed E-state index contributed by atoms with van der Waals surface area (Å²) >= 11 is 0. The molecule has 0 saturated heterocycles. The summed E-state index contributed by atoms with van der Waals surface area (Å²) in [7, 11) is 2.17. The fourth-order valence-electron chi connectivity index (χ4n) is 1.40. The highest BCUT2D eigenvalue weighted by atomic mass is 16.5. The molecule has 0 aromatic carbocycles. The monoisotopic (exact) mass is 202 g/mol. The number of nitrogens with two attached hydrogens (primary N) is 1. The second kappa shape index (κ2) is 11.0. The lowest BCUT2D eigenvalue weighted by Gasteiger charge is -2.15. The molecule has 0 rings (SSSR count). The number of nitrogens with zero attached hydrogens (tertiary/aromatic N) is 1. The molecule has 86 valence electrons. The molecular weight excluding hydrogens is 176 g/mol. The molecule has 0 spiro atoms. The Morgan fingerprint density at radius 3 is 2.43 bits per heavy atom. The van der Waals surface area contributed by atoms with Crippen molar-refractivity contribution >= 4 is 0 Å². The van der Waals surface area contributed by atoms with E-state index < -0.39 is 0 Å². The third-order valence-corrected chi connectivity index (χ3v) is 2.28. The van der Waals surface area contributed by atoms with Gasteiger partial charge in [-0.2, -0.15) is 0 Å². The summed E-state index contributed by atoms with van der Waals surface area (Å²) in [4.78, 5) is 2.37. The Morgan fingerprint density at radius 1 is 1.07 bits per heavy atom. The summed E-state index contributed by atoms with van der Waals surface area (Å²) in [5, 5.41) is 0. The van der Waals surface area contributed by atoms with Gasteiger partial charge in [0.25, 0.3) is 0 Å². The second-order valence-electron chi connectivity index (χ2n) is 3.70. The minimum atomic E-state index is 0.827. The molecule has 2 N–H and O–H groups in total. The highest BCUT2D eigenvalue weighted by Crippen LogP contribution is 1.97. The molecule has 0 aliphatic rings. The van der Waals surface area contributed by atoms with Crippen LogP contribution in [0, 0.1) is 0 Å². The Balaban J connectivity index is 3.07. The van der Waals surface area contributed by atoms with Crippen molar-refractivity contribution in [3.63, 3.8) is 0 Å². The van der Waals surface area contributed by atoms with Crippen molar-refractivity contribution in [1.82, 2.24) is 4.90 Å². The second-order valence-corrected chi connectivity index (χ2v) is 3.70. The van der Waals surface area contributed by atoms with Crippen LogP contribution < -0.4 is 5.73 Å². The van der Waals surface area contributed by atoms with Gasteiger partial charge in [0.1, 0.15) is 0 Å². The number of rotatable bonds is 10. The van der Waals surface area contributed by atoms with E-state index >= 15 is 0 Å². The summed E-state index contributed by atoms with van der Waals surface area (Å²) in [5.74, 6) is 0. The van der Waals surface area contributed by atoms with Gasteiger partial charge in [-0.25, -0.2) is 0 Å². The number of hydrogen-bond donors (Lipinski definition) is 1. The number of hydrogen-bond acceptors (Lipinski definition) is 3. The maximum atomic E-state index is 5.43. The fraction of sp³-hybridized carbons (Fsp3) is 1.00. The molecule has 0 saturated carbocycles. The molecule has 0 aromatic heterocycles. The Labute approximate surface area is 88.6 Å². The van der Waals surface area contributed by atoms with Crippen molar-refractivity contribution in [3.05, 3.63) is 0 Å². The van der Waals surface area contributed by atoms with Crippen molar-refractivity contribution in [2.24, 2.45) is 5.73 Å². The highest BCUT2D eigenvalue weighted by molar-refractivity contribution is 4.52. The van der Waals surface area contributed by atoms with E-state index in [9.17, 15) is 0 Å². The van der Waals surface area contributed by atoms with Gasteiger partial charge in [0.2, 0.25) is 0 Å². The first-order valence-corrected chi connectivity index (χ1v) is 5.77. The molecule has 0 amide bonds.